The Morgan fingerprint density at radius 2 is 2.29 bits per heavy atom. The highest BCUT2D eigenvalue weighted by Crippen LogP contribution is 2.14. The molecule has 5 heteroatoms. The number of nitrogens with one attached hydrogen (secondary N) is 1. The molecule has 0 aliphatic rings. The lowest BCUT2D eigenvalue weighted by atomic mass is 10.3. The summed E-state index contributed by atoms with van der Waals surface area (Å²) in [4.78, 5) is 8.44. The summed E-state index contributed by atoms with van der Waals surface area (Å²) >= 11 is 0. The van der Waals surface area contributed by atoms with Gasteiger partial charge in [0.1, 0.15) is 0 Å². The zero-order valence-corrected chi connectivity index (χ0v) is 10.1. The average molecular weight is 232 g/mol. The van der Waals surface area contributed by atoms with E-state index in [2.05, 4.69) is 21.4 Å². The molecule has 0 aliphatic heterocycles. The van der Waals surface area contributed by atoms with Gasteiger partial charge in [-0.15, -0.1) is 0 Å². The van der Waals surface area contributed by atoms with Crippen LogP contribution in [0.5, 0.6) is 0 Å². The summed E-state index contributed by atoms with van der Waals surface area (Å²) in [6.45, 7) is 3.40. The van der Waals surface area contributed by atoms with Crippen LogP contribution in [0, 0.1) is 6.92 Å². The first kappa shape index (κ1) is 11.6. The zero-order chi connectivity index (χ0) is 12.1. The molecule has 0 aromatic carbocycles. The molecule has 2 aromatic heterocycles. The van der Waals surface area contributed by atoms with Crippen molar-refractivity contribution in [2.75, 3.05) is 25.6 Å². The second-order valence-corrected chi connectivity index (χ2v) is 3.76. The average Bonchev–Trinajstić information content (AvgIpc) is 2.78. The van der Waals surface area contributed by atoms with Gasteiger partial charge in [-0.05, 0) is 18.6 Å². The predicted molar refractivity (Wildman–Crippen MR) is 66.5 cm³/mol. The Morgan fingerprint density at radius 3 is 3.06 bits per heavy atom. The number of methoxy groups -OCH3 is 1. The van der Waals surface area contributed by atoms with Crippen molar-refractivity contribution in [1.29, 1.82) is 0 Å². The number of ether oxygens (including phenoxy) is 1. The summed E-state index contributed by atoms with van der Waals surface area (Å²) in [6, 6.07) is 2.07. The third kappa shape index (κ3) is 2.82. The molecule has 0 spiro atoms. The van der Waals surface area contributed by atoms with Crippen molar-refractivity contribution >= 4 is 5.95 Å². The molecule has 1 N–H and O–H groups in total. The van der Waals surface area contributed by atoms with E-state index in [4.69, 9.17) is 4.74 Å². The van der Waals surface area contributed by atoms with Crippen LogP contribution in [0.3, 0.4) is 0 Å². The van der Waals surface area contributed by atoms with Crippen molar-refractivity contribution in [1.82, 2.24) is 14.5 Å². The van der Waals surface area contributed by atoms with Crippen molar-refractivity contribution in [2.45, 2.75) is 6.92 Å². The van der Waals surface area contributed by atoms with Crippen LogP contribution in [0.1, 0.15) is 5.56 Å². The van der Waals surface area contributed by atoms with E-state index >= 15 is 0 Å². The Hall–Kier alpha value is -1.88. The lowest BCUT2D eigenvalue weighted by Gasteiger charge is -2.09. The summed E-state index contributed by atoms with van der Waals surface area (Å²) in [6.07, 6.45) is 7.32. The van der Waals surface area contributed by atoms with Gasteiger partial charge >= 0.3 is 0 Å². The zero-order valence-electron chi connectivity index (χ0n) is 10.1. The topological polar surface area (TPSA) is 52.0 Å². The maximum atomic E-state index is 4.99. The highest BCUT2D eigenvalue weighted by atomic mass is 16.5. The van der Waals surface area contributed by atoms with Crippen LogP contribution in [0.4, 0.5) is 5.95 Å². The number of aromatic nitrogens is 3. The van der Waals surface area contributed by atoms with E-state index < -0.39 is 0 Å². The molecular weight excluding hydrogens is 216 g/mol. The number of rotatable bonds is 5. The Balaban J connectivity index is 2.18. The van der Waals surface area contributed by atoms with Gasteiger partial charge in [0, 0.05) is 32.2 Å². The molecule has 0 unspecified atom stereocenters. The minimum absolute atomic E-state index is 0.652. The van der Waals surface area contributed by atoms with Crippen molar-refractivity contribution in [3.8, 4) is 5.69 Å². The van der Waals surface area contributed by atoms with Crippen LogP contribution in [0.15, 0.2) is 30.9 Å². The van der Waals surface area contributed by atoms with Gasteiger partial charge in [0.2, 0.25) is 5.95 Å². The fraction of sp³-hybridized carbons (Fsp3) is 0.333. The molecule has 0 fully saturated rings. The third-order valence-corrected chi connectivity index (χ3v) is 2.37. The minimum Gasteiger partial charge on any atom is -0.383 e. The van der Waals surface area contributed by atoms with E-state index in [1.807, 2.05) is 30.1 Å². The molecule has 5 nitrogen and oxygen atoms in total. The molecule has 90 valence electrons. The molecular formula is C12H16N4O. The Labute approximate surface area is 100 Å². The minimum atomic E-state index is 0.652. The number of hydrogen-bond acceptors (Lipinski definition) is 4. The molecule has 0 saturated heterocycles. The van der Waals surface area contributed by atoms with Gasteiger partial charge in [-0.2, -0.15) is 0 Å². The lowest BCUT2D eigenvalue weighted by Crippen LogP contribution is -2.11. The van der Waals surface area contributed by atoms with Gasteiger partial charge in [-0.1, -0.05) is 0 Å². The maximum Gasteiger partial charge on any atom is 0.207 e. The highest BCUT2D eigenvalue weighted by molar-refractivity contribution is 5.41. The van der Waals surface area contributed by atoms with Crippen molar-refractivity contribution in [2.24, 2.45) is 0 Å². The van der Waals surface area contributed by atoms with Gasteiger partial charge in [-0.3, -0.25) is 9.55 Å². The van der Waals surface area contributed by atoms with E-state index in [0.29, 0.717) is 6.61 Å². The Bertz CT molecular complexity index is 481. The summed E-state index contributed by atoms with van der Waals surface area (Å²) in [5.74, 6) is 0.800. The number of imidazole rings is 1. The van der Waals surface area contributed by atoms with E-state index in [0.717, 1.165) is 23.7 Å². The fourth-order valence-electron chi connectivity index (χ4n) is 1.58. The smallest absolute Gasteiger partial charge is 0.207 e. The first-order valence-corrected chi connectivity index (χ1v) is 5.49. The molecule has 0 bridgehead atoms. The van der Waals surface area contributed by atoms with Crippen molar-refractivity contribution in [3.05, 3.63) is 36.4 Å². The molecule has 0 atom stereocenters. The molecule has 0 radical (unpaired) electrons. The van der Waals surface area contributed by atoms with E-state index in [9.17, 15) is 0 Å². The van der Waals surface area contributed by atoms with Crippen LogP contribution in [-0.4, -0.2) is 34.8 Å². The molecule has 2 rings (SSSR count). The van der Waals surface area contributed by atoms with Crippen molar-refractivity contribution < 1.29 is 4.74 Å². The standard InChI is InChI=1S/C12H16N4O/c1-10-7-11(9-13-8-10)16-5-3-14-12(16)15-4-6-17-2/h3,5,7-9H,4,6H2,1-2H3,(H,14,15). The van der Waals surface area contributed by atoms with Crippen LogP contribution >= 0.6 is 0 Å². The summed E-state index contributed by atoms with van der Waals surface area (Å²) in [5.41, 5.74) is 2.13. The van der Waals surface area contributed by atoms with Crippen LogP contribution in [-0.2, 0) is 4.74 Å². The number of pyridine rings is 1. The fourth-order valence-corrected chi connectivity index (χ4v) is 1.58. The summed E-state index contributed by atoms with van der Waals surface area (Å²) < 4.78 is 6.96. The Kier molecular flexibility index (Phi) is 3.72. The van der Waals surface area contributed by atoms with Crippen molar-refractivity contribution in [3.63, 3.8) is 0 Å². The first-order valence-electron chi connectivity index (χ1n) is 5.49. The third-order valence-electron chi connectivity index (χ3n) is 2.37. The SMILES string of the molecule is COCCNc1nccn1-c1cncc(C)c1. The highest BCUT2D eigenvalue weighted by Gasteiger charge is 2.04. The molecule has 0 amide bonds. The number of nitrogens with zero attached hydrogens (tertiary/aromatic N) is 3. The van der Waals surface area contributed by atoms with E-state index in [1.54, 1.807) is 13.3 Å². The second-order valence-electron chi connectivity index (χ2n) is 3.76. The number of hydrogen-bond donors (Lipinski definition) is 1. The first-order chi connectivity index (χ1) is 8.31. The number of aryl methyl sites for hydroxylation is 1. The van der Waals surface area contributed by atoms with Gasteiger partial charge in [0.15, 0.2) is 0 Å². The van der Waals surface area contributed by atoms with Gasteiger partial charge in [0.05, 0.1) is 18.5 Å². The number of anilines is 1. The van der Waals surface area contributed by atoms with Crippen LogP contribution < -0.4 is 5.32 Å². The van der Waals surface area contributed by atoms with Gasteiger partial charge in [0.25, 0.3) is 0 Å². The van der Waals surface area contributed by atoms with E-state index in [-0.39, 0.29) is 0 Å². The molecule has 17 heavy (non-hydrogen) atoms. The van der Waals surface area contributed by atoms with Gasteiger partial charge in [-0.25, -0.2) is 4.98 Å². The Morgan fingerprint density at radius 1 is 1.41 bits per heavy atom. The summed E-state index contributed by atoms with van der Waals surface area (Å²) in [7, 11) is 1.68. The quantitative estimate of drug-likeness (QED) is 0.796. The molecule has 0 aliphatic carbocycles. The molecule has 0 saturated carbocycles. The largest absolute Gasteiger partial charge is 0.383 e. The maximum absolute atomic E-state index is 4.99. The van der Waals surface area contributed by atoms with Crippen LogP contribution in [0.25, 0.3) is 5.69 Å². The lowest BCUT2D eigenvalue weighted by molar-refractivity contribution is 0.210. The van der Waals surface area contributed by atoms with Gasteiger partial charge < -0.3 is 10.1 Å². The monoisotopic (exact) mass is 232 g/mol. The molecule has 2 aromatic rings. The molecule has 2 heterocycles. The summed E-state index contributed by atoms with van der Waals surface area (Å²) in [5, 5.41) is 3.21. The van der Waals surface area contributed by atoms with Crippen LogP contribution in [0.2, 0.25) is 0 Å². The second kappa shape index (κ2) is 5.45. The van der Waals surface area contributed by atoms with E-state index in [1.165, 1.54) is 0 Å². The normalized spacial score (nSPS) is 10.5. The predicted octanol–water partition coefficient (Wildman–Crippen LogP) is 1.63.